The molecule has 0 amide bonds. The second kappa shape index (κ2) is 6.80. The van der Waals surface area contributed by atoms with Crippen LogP contribution in [-0.2, 0) is 13.5 Å². The van der Waals surface area contributed by atoms with Crippen LogP contribution in [0.25, 0.3) is 0 Å². The third kappa shape index (κ3) is 3.67. The van der Waals surface area contributed by atoms with Gasteiger partial charge in [0.15, 0.2) is 0 Å². The van der Waals surface area contributed by atoms with Crippen molar-refractivity contribution < 1.29 is 8.78 Å². The molecule has 1 N–H and O–H groups in total. The largest absolute Gasteiger partial charge is 0.308 e. The molecule has 0 spiro atoms. The summed E-state index contributed by atoms with van der Waals surface area (Å²) in [6, 6.07) is 5.76. The zero-order chi connectivity index (χ0) is 15.4. The van der Waals surface area contributed by atoms with Gasteiger partial charge in [0, 0.05) is 12.6 Å². The Morgan fingerprint density at radius 2 is 1.95 bits per heavy atom. The van der Waals surface area contributed by atoms with Gasteiger partial charge in [0.2, 0.25) is 0 Å². The normalized spacial score (nSPS) is 12.6. The number of halogens is 2. The van der Waals surface area contributed by atoms with Gasteiger partial charge in [0.05, 0.1) is 17.4 Å². The Morgan fingerprint density at radius 1 is 1.29 bits per heavy atom. The lowest BCUT2D eigenvalue weighted by Gasteiger charge is -2.19. The van der Waals surface area contributed by atoms with Crippen LogP contribution in [0.3, 0.4) is 0 Å². The quantitative estimate of drug-likeness (QED) is 0.885. The first-order chi connectivity index (χ1) is 10.0. The monoisotopic (exact) mass is 293 g/mol. The van der Waals surface area contributed by atoms with Crippen LogP contribution in [0, 0.1) is 18.6 Å². The Morgan fingerprint density at radius 3 is 2.48 bits per heavy atom. The third-order valence-corrected chi connectivity index (χ3v) is 3.51. The number of benzene rings is 1. The summed E-state index contributed by atoms with van der Waals surface area (Å²) in [6.07, 6.45) is 1.21. The van der Waals surface area contributed by atoms with Gasteiger partial charge in [-0.05, 0) is 44.5 Å². The molecule has 0 aliphatic rings. The Labute approximate surface area is 124 Å². The SMILES string of the molecule is CCCNC(Cc1c(F)cccc1F)c1cc(C)nn1C. The third-order valence-electron chi connectivity index (χ3n) is 3.51. The van der Waals surface area contributed by atoms with E-state index in [1.807, 2.05) is 20.0 Å². The van der Waals surface area contributed by atoms with Crippen molar-refractivity contribution >= 4 is 0 Å². The van der Waals surface area contributed by atoms with E-state index in [1.54, 1.807) is 4.68 Å². The number of hydrogen-bond donors (Lipinski definition) is 1. The minimum Gasteiger partial charge on any atom is -0.308 e. The van der Waals surface area contributed by atoms with Gasteiger partial charge in [-0.2, -0.15) is 5.10 Å². The molecule has 1 atom stereocenters. The maximum Gasteiger partial charge on any atom is 0.129 e. The van der Waals surface area contributed by atoms with E-state index in [1.165, 1.54) is 18.2 Å². The van der Waals surface area contributed by atoms with Crippen LogP contribution in [0.5, 0.6) is 0 Å². The second-order valence-electron chi connectivity index (χ2n) is 5.25. The molecule has 21 heavy (non-hydrogen) atoms. The Hall–Kier alpha value is -1.75. The average Bonchev–Trinajstić information content (AvgIpc) is 2.76. The number of aryl methyl sites for hydroxylation is 2. The predicted molar refractivity (Wildman–Crippen MR) is 79.0 cm³/mol. The number of nitrogens with zero attached hydrogens (tertiary/aromatic N) is 2. The minimum absolute atomic E-state index is 0.116. The molecular formula is C16H21F2N3. The highest BCUT2D eigenvalue weighted by molar-refractivity contribution is 5.23. The highest BCUT2D eigenvalue weighted by Gasteiger charge is 2.20. The van der Waals surface area contributed by atoms with Crippen LogP contribution < -0.4 is 5.32 Å². The summed E-state index contributed by atoms with van der Waals surface area (Å²) in [5, 5.41) is 7.66. The lowest BCUT2D eigenvalue weighted by molar-refractivity contribution is 0.467. The highest BCUT2D eigenvalue weighted by atomic mass is 19.1. The van der Waals surface area contributed by atoms with Crippen LogP contribution in [0.2, 0.25) is 0 Å². The van der Waals surface area contributed by atoms with E-state index in [0.717, 1.165) is 24.4 Å². The van der Waals surface area contributed by atoms with Crippen molar-refractivity contribution in [1.82, 2.24) is 15.1 Å². The second-order valence-corrected chi connectivity index (χ2v) is 5.25. The molecule has 1 heterocycles. The summed E-state index contributed by atoms with van der Waals surface area (Å²) in [7, 11) is 1.85. The first-order valence-electron chi connectivity index (χ1n) is 7.19. The average molecular weight is 293 g/mol. The van der Waals surface area contributed by atoms with Crippen molar-refractivity contribution in [2.75, 3.05) is 6.54 Å². The summed E-state index contributed by atoms with van der Waals surface area (Å²) in [5.74, 6) is -1.01. The van der Waals surface area contributed by atoms with Gasteiger partial charge >= 0.3 is 0 Å². The maximum atomic E-state index is 13.9. The molecule has 0 bridgehead atoms. The van der Waals surface area contributed by atoms with Crippen LogP contribution in [0.4, 0.5) is 8.78 Å². The summed E-state index contributed by atoms with van der Waals surface area (Å²) in [4.78, 5) is 0. The number of aromatic nitrogens is 2. The van der Waals surface area contributed by atoms with E-state index in [4.69, 9.17) is 0 Å². The Bertz CT molecular complexity index is 587. The predicted octanol–water partition coefficient (Wildman–Crippen LogP) is 3.29. The number of rotatable bonds is 6. The molecule has 0 fully saturated rings. The number of nitrogens with one attached hydrogen (secondary N) is 1. The van der Waals surface area contributed by atoms with Gasteiger partial charge in [-0.3, -0.25) is 4.68 Å². The standard InChI is InChI=1S/C16H21F2N3/c1-4-8-19-15(16-9-11(2)20-21(16)3)10-12-13(17)6-5-7-14(12)18/h5-7,9,15,19H,4,8,10H2,1-3H3. The molecule has 0 saturated heterocycles. The smallest absolute Gasteiger partial charge is 0.129 e. The Balaban J connectivity index is 2.30. The van der Waals surface area contributed by atoms with Gasteiger partial charge in [0.25, 0.3) is 0 Å². The molecule has 3 nitrogen and oxygen atoms in total. The molecule has 0 aliphatic carbocycles. The molecule has 114 valence electrons. The molecule has 1 aromatic carbocycles. The molecular weight excluding hydrogens is 272 g/mol. The highest BCUT2D eigenvalue weighted by Crippen LogP contribution is 2.22. The van der Waals surface area contributed by atoms with Crippen LogP contribution in [0.1, 0.15) is 36.3 Å². The zero-order valence-corrected chi connectivity index (χ0v) is 12.7. The molecule has 1 aromatic heterocycles. The van der Waals surface area contributed by atoms with Gasteiger partial charge in [-0.25, -0.2) is 8.78 Å². The molecule has 2 aromatic rings. The topological polar surface area (TPSA) is 29.9 Å². The van der Waals surface area contributed by atoms with E-state index in [-0.39, 0.29) is 18.0 Å². The van der Waals surface area contributed by atoms with Crippen molar-refractivity contribution in [2.45, 2.75) is 32.7 Å². The van der Waals surface area contributed by atoms with E-state index >= 15 is 0 Å². The fraction of sp³-hybridized carbons (Fsp3) is 0.438. The summed E-state index contributed by atoms with van der Waals surface area (Å²) < 4.78 is 29.5. The van der Waals surface area contributed by atoms with Crippen molar-refractivity contribution in [2.24, 2.45) is 7.05 Å². The fourth-order valence-corrected chi connectivity index (χ4v) is 2.49. The van der Waals surface area contributed by atoms with Crippen molar-refractivity contribution in [3.63, 3.8) is 0 Å². The fourth-order valence-electron chi connectivity index (χ4n) is 2.49. The van der Waals surface area contributed by atoms with E-state index in [2.05, 4.69) is 17.3 Å². The van der Waals surface area contributed by atoms with Crippen LogP contribution in [-0.4, -0.2) is 16.3 Å². The molecule has 5 heteroatoms. The Kier molecular flexibility index (Phi) is 5.07. The van der Waals surface area contributed by atoms with Crippen molar-refractivity contribution in [3.8, 4) is 0 Å². The number of hydrogen-bond acceptors (Lipinski definition) is 2. The van der Waals surface area contributed by atoms with Gasteiger partial charge in [0.1, 0.15) is 11.6 Å². The molecule has 0 radical (unpaired) electrons. The van der Waals surface area contributed by atoms with Crippen molar-refractivity contribution in [1.29, 1.82) is 0 Å². The summed E-state index contributed by atoms with van der Waals surface area (Å²) in [5.41, 5.74) is 1.94. The van der Waals surface area contributed by atoms with E-state index in [0.29, 0.717) is 0 Å². The van der Waals surface area contributed by atoms with Gasteiger partial charge in [-0.1, -0.05) is 13.0 Å². The molecule has 1 unspecified atom stereocenters. The molecule has 0 aliphatic heterocycles. The van der Waals surface area contributed by atoms with Crippen LogP contribution in [0.15, 0.2) is 24.3 Å². The molecule has 0 saturated carbocycles. The van der Waals surface area contributed by atoms with Gasteiger partial charge < -0.3 is 5.32 Å². The lowest BCUT2D eigenvalue weighted by atomic mass is 10.0. The lowest BCUT2D eigenvalue weighted by Crippen LogP contribution is -2.26. The van der Waals surface area contributed by atoms with Gasteiger partial charge in [-0.15, -0.1) is 0 Å². The summed E-state index contributed by atoms with van der Waals surface area (Å²) in [6.45, 7) is 4.75. The van der Waals surface area contributed by atoms with E-state index in [9.17, 15) is 8.78 Å². The van der Waals surface area contributed by atoms with Crippen LogP contribution >= 0.6 is 0 Å². The zero-order valence-electron chi connectivity index (χ0n) is 12.7. The van der Waals surface area contributed by atoms with E-state index < -0.39 is 11.6 Å². The first-order valence-corrected chi connectivity index (χ1v) is 7.19. The first kappa shape index (κ1) is 15.6. The minimum atomic E-state index is -0.503. The maximum absolute atomic E-state index is 13.9. The van der Waals surface area contributed by atoms with Crippen molar-refractivity contribution in [3.05, 3.63) is 52.9 Å². The summed E-state index contributed by atoms with van der Waals surface area (Å²) >= 11 is 0. The molecule has 2 rings (SSSR count).